The van der Waals surface area contributed by atoms with E-state index in [9.17, 15) is 14.4 Å². The van der Waals surface area contributed by atoms with Gasteiger partial charge >= 0.3 is 5.97 Å². The Labute approximate surface area is 183 Å². The number of aromatic carboxylic acids is 1. The second-order valence-corrected chi connectivity index (χ2v) is 6.91. The van der Waals surface area contributed by atoms with E-state index in [-0.39, 0.29) is 23.0 Å². The van der Waals surface area contributed by atoms with Gasteiger partial charge in [-0.1, -0.05) is 35.9 Å². The number of allylic oxidation sites excluding steroid dienone is 1. The van der Waals surface area contributed by atoms with Crippen LogP contribution in [0.5, 0.6) is 11.5 Å². The quantitative estimate of drug-likeness (QED) is 0.371. The van der Waals surface area contributed by atoms with Crippen molar-refractivity contribution in [1.29, 1.82) is 5.26 Å². The number of nitrogens with zero attached hydrogens (tertiary/aromatic N) is 1. The summed E-state index contributed by atoms with van der Waals surface area (Å²) in [6.07, 6.45) is 1.61. The zero-order chi connectivity index (χ0) is 22.4. The maximum absolute atomic E-state index is 13.4. The van der Waals surface area contributed by atoms with Crippen LogP contribution in [-0.4, -0.2) is 18.2 Å². The molecular formula is C24H17ClFNO4. The summed E-state index contributed by atoms with van der Waals surface area (Å²) in [5.74, 6) is -0.747. The molecule has 0 spiro atoms. The second kappa shape index (κ2) is 9.79. The van der Waals surface area contributed by atoms with Crippen LogP contribution in [0.25, 0.3) is 11.6 Å². The molecule has 0 fully saturated rings. The number of halogens is 2. The van der Waals surface area contributed by atoms with Gasteiger partial charge in [0.2, 0.25) is 0 Å². The zero-order valence-electron chi connectivity index (χ0n) is 16.4. The number of ether oxygens (including phenoxy) is 2. The highest BCUT2D eigenvalue weighted by Crippen LogP contribution is 2.38. The third kappa shape index (κ3) is 5.41. The smallest absolute Gasteiger partial charge is 0.335 e. The zero-order valence-corrected chi connectivity index (χ0v) is 17.2. The van der Waals surface area contributed by atoms with Crippen LogP contribution in [0.2, 0.25) is 5.02 Å². The summed E-state index contributed by atoms with van der Waals surface area (Å²) in [5.41, 5.74) is 2.25. The normalized spacial score (nSPS) is 11.0. The molecule has 3 aromatic rings. The molecule has 0 bridgehead atoms. The van der Waals surface area contributed by atoms with Crippen molar-refractivity contribution in [3.8, 4) is 17.6 Å². The molecule has 0 radical (unpaired) electrons. The van der Waals surface area contributed by atoms with Crippen molar-refractivity contribution in [3.05, 3.63) is 93.8 Å². The van der Waals surface area contributed by atoms with E-state index in [1.54, 1.807) is 42.5 Å². The fraction of sp³-hybridized carbons (Fsp3) is 0.0833. The van der Waals surface area contributed by atoms with Crippen LogP contribution in [0.4, 0.5) is 4.39 Å². The van der Waals surface area contributed by atoms with Crippen molar-refractivity contribution in [3.63, 3.8) is 0 Å². The highest BCUT2D eigenvalue weighted by atomic mass is 35.5. The van der Waals surface area contributed by atoms with Crippen molar-refractivity contribution >= 4 is 29.2 Å². The Balaban J connectivity index is 1.88. The van der Waals surface area contributed by atoms with Gasteiger partial charge in [0, 0.05) is 0 Å². The van der Waals surface area contributed by atoms with Gasteiger partial charge in [-0.15, -0.1) is 0 Å². The number of hydrogen-bond acceptors (Lipinski definition) is 4. The second-order valence-electron chi connectivity index (χ2n) is 6.51. The van der Waals surface area contributed by atoms with Gasteiger partial charge in [-0.05, 0) is 59.2 Å². The molecule has 0 heterocycles. The summed E-state index contributed by atoms with van der Waals surface area (Å²) in [6, 6.07) is 17.4. The topological polar surface area (TPSA) is 79.5 Å². The fourth-order valence-electron chi connectivity index (χ4n) is 2.88. The van der Waals surface area contributed by atoms with Crippen molar-refractivity contribution in [2.75, 3.05) is 7.11 Å². The molecule has 3 rings (SSSR count). The Morgan fingerprint density at radius 2 is 1.87 bits per heavy atom. The lowest BCUT2D eigenvalue weighted by Crippen LogP contribution is -1.99. The Hall–Kier alpha value is -3.82. The first-order valence-corrected chi connectivity index (χ1v) is 9.49. The monoisotopic (exact) mass is 437 g/mol. The predicted octanol–water partition coefficient (Wildman–Crippen LogP) is 5.83. The van der Waals surface area contributed by atoms with Gasteiger partial charge in [0.1, 0.15) is 12.4 Å². The van der Waals surface area contributed by atoms with Crippen LogP contribution in [0.1, 0.15) is 27.0 Å². The van der Waals surface area contributed by atoms with E-state index in [2.05, 4.69) is 6.07 Å². The molecule has 5 nitrogen and oxygen atoms in total. The molecule has 0 saturated carbocycles. The van der Waals surface area contributed by atoms with Crippen LogP contribution < -0.4 is 9.47 Å². The lowest BCUT2D eigenvalue weighted by molar-refractivity contribution is 0.0697. The van der Waals surface area contributed by atoms with Gasteiger partial charge in [0.15, 0.2) is 11.5 Å². The Morgan fingerprint density at radius 1 is 1.16 bits per heavy atom. The minimum absolute atomic E-state index is 0.0996. The molecular weight excluding hydrogens is 421 g/mol. The first kappa shape index (κ1) is 21.9. The van der Waals surface area contributed by atoms with Gasteiger partial charge < -0.3 is 14.6 Å². The molecule has 0 aliphatic rings. The van der Waals surface area contributed by atoms with Crippen molar-refractivity contribution in [2.45, 2.75) is 6.61 Å². The molecule has 0 saturated heterocycles. The summed E-state index contributed by atoms with van der Waals surface area (Å²) in [7, 11) is 1.46. The largest absolute Gasteiger partial charge is 0.493 e. The van der Waals surface area contributed by atoms with Crippen LogP contribution in [0.3, 0.4) is 0 Å². The number of hydrogen-bond donors (Lipinski definition) is 1. The Bertz CT molecular complexity index is 1180. The molecule has 7 heteroatoms. The molecule has 1 N–H and O–H groups in total. The number of benzene rings is 3. The predicted molar refractivity (Wildman–Crippen MR) is 116 cm³/mol. The number of nitriles is 1. The molecule has 31 heavy (non-hydrogen) atoms. The van der Waals surface area contributed by atoms with E-state index in [4.69, 9.17) is 26.2 Å². The molecule has 156 valence electrons. The molecule has 0 aromatic heterocycles. The molecule has 0 unspecified atom stereocenters. The third-order valence-electron chi connectivity index (χ3n) is 4.40. The van der Waals surface area contributed by atoms with Gasteiger partial charge in [-0.3, -0.25) is 0 Å². The Morgan fingerprint density at radius 3 is 2.48 bits per heavy atom. The fourth-order valence-corrected chi connectivity index (χ4v) is 3.16. The molecule has 3 aromatic carbocycles. The first-order valence-electron chi connectivity index (χ1n) is 9.11. The maximum atomic E-state index is 13.4. The van der Waals surface area contributed by atoms with Crippen LogP contribution in [-0.2, 0) is 6.61 Å². The average molecular weight is 438 g/mol. The van der Waals surface area contributed by atoms with Gasteiger partial charge in [0.25, 0.3) is 0 Å². The van der Waals surface area contributed by atoms with Crippen LogP contribution >= 0.6 is 11.6 Å². The minimum Gasteiger partial charge on any atom is -0.493 e. The number of carbonyl (C=O) groups is 1. The number of carboxylic acids is 1. The van der Waals surface area contributed by atoms with Crippen molar-refractivity contribution < 1.29 is 23.8 Å². The van der Waals surface area contributed by atoms with E-state index >= 15 is 0 Å². The molecule has 0 amide bonds. The summed E-state index contributed by atoms with van der Waals surface area (Å²) in [4.78, 5) is 11.0. The van der Waals surface area contributed by atoms with Crippen molar-refractivity contribution in [2.24, 2.45) is 0 Å². The summed E-state index contributed by atoms with van der Waals surface area (Å²) >= 11 is 6.38. The van der Waals surface area contributed by atoms with E-state index in [1.165, 1.54) is 31.4 Å². The highest BCUT2D eigenvalue weighted by Gasteiger charge is 2.13. The van der Waals surface area contributed by atoms with E-state index in [0.717, 1.165) is 0 Å². The standard InChI is InChI=1S/C24H17ClFNO4/c1-30-22-12-16(9-19(13-27)17-5-7-18(8-6-17)24(28)29)11-21(25)23(22)31-14-15-3-2-4-20(26)10-15/h2-12H,14H2,1H3,(H,28,29). The van der Waals surface area contributed by atoms with Crippen LogP contribution in [0, 0.1) is 17.1 Å². The lowest BCUT2D eigenvalue weighted by Gasteiger charge is -2.14. The van der Waals surface area contributed by atoms with Gasteiger partial charge in [0.05, 0.1) is 29.3 Å². The number of carboxylic acid groups (broad SMARTS) is 1. The van der Waals surface area contributed by atoms with E-state index in [0.29, 0.717) is 33.8 Å². The maximum Gasteiger partial charge on any atom is 0.335 e. The van der Waals surface area contributed by atoms with Crippen molar-refractivity contribution in [1.82, 2.24) is 0 Å². The van der Waals surface area contributed by atoms with Crippen LogP contribution in [0.15, 0.2) is 60.7 Å². The number of rotatable bonds is 7. The highest BCUT2D eigenvalue weighted by molar-refractivity contribution is 6.32. The number of methoxy groups -OCH3 is 1. The molecule has 0 atom stereocenters. The summed E-state index contributed by atoms with van der Waals surface area (Å²) < 4.78 is 24.5. The first-order chi connectivity index (χ1) is 14.9. The average Bonchev–Trinajstić information content (AvgIpc) is 2.76. The minimum atomic E-state index is -1.04. The van der Waals surface area contributed by atoms with E-state index < -0.39 is 5.97 Å². The third-order valence-corrected chi connectivity index (χ3v) is 4.68. The summed E-state index contributed by atoms with van der Waals surface area (Å²) in [5, 5.41) is 18.8. The Kier molecular flexibility index (Phi) is 6.91. The van der Waals surface area contributed by atoms with Gasteiger partial charge in [-0.25, -0.2) is 9.18 Å². The lowest BCUT2D eigenvalue weighted by atomic mass is 10.0. The molecule has 0 aliphatic carbocycles. The SMILES string of the molecule is COc1cc(C=C(C#N)c2ccc(C(=O)O)cc2)cc(Cl)c1OCc1cccc(F)c1. The molecule has 0 aliphatic heterocycles. The summed E-state index contributed by atoms with van der Waals surface area (Å²) in [6.45, 7) is 0.0996. The van der Waals surface area contributed by atoms with Gasteiger partial charge in [-0.2, -0.15) is 5.26 Å². The van der Waals surface area contributed by atoms with E-state index in [1.807, 2.05) is 0 Å².